The highest BCUT2D eigenvalue weighted by atomic mass is 19.4. The van der Waals surface area contributed by atoms with Gasteiger partial charge in [-0.25, -0.2) is 0 Å². The molecule has 15 heavy (non-hydrogen) atoms. The number of halogens is 3. The summed E-state index contributed by atoms with van der Waals surface area (Å²) in [5.41, 5.74) is 0.130. The lowest BCUT2D eigenvalue weighted by atomic mass is 10.1. The topological polar surface area (TPSA) is 32.6 Å². The van der Waals surface area contributed by atoms with E-state index in [4.69, 9.17) is 5.21 Å². The highest BCUT2D eigenvalue weighted by molar-refractivity contribution is 5.56. The Morgan fingerprint density at radius 3 is 2.27 bits per heavy atom. The zero-order chi connectivity index (χ0) is 11.3. The van der Waals surface area contributed by atoms with Crippen LogP contribution in [0.3, 0.4) is 0 Å². The number of rotatable bonds is 3. The van der Waals surface area contributed by atoms with Crippen molar-refractivity contribution in [2.75, 3.05) is 0 Å². The highest BCUT2D eigenvalue weighted by Gasteiger charge is 2.29. The Kier molecular flexibility index (Phi) is 3.71. The first-order valence-electron chi connectivity index (χ1n) is 4.36. The number of hydrogen-bond acceptors (Lipinski definition) is 2. The molecule has 0 radical (unpaired) electrons. The largest absolute Gasteiger partial charge is 0.416 e. The van der Waals surface area contributed by atoms with E-state index in [1.807, 2.05) is 0 Å². The molecule has 1 N–H and O–H groups in total. The maximum absolute atomic E-state index is 12.2. The van der Waals surface area contributed by atoms with Gasteiger partial charge < -0.3 is 5.21 Å². The number of benzene rings is 1. The number of nitrogens with zero attached hydrogens (tertiary/aromatic N) is 1. The van der Waals surface area contributed by atoms with Gasteiger partial charge in [-0.3, -0.25) is 0 Å². The van der Waals surface area contributed by atoms with Crippen molar-refractivity contribution >= 4 is 6.21 Å². The van der Waals surface area contributed by atoms with E-state index in [2.05, 4.69) is 5.16 Å². The first-order valence-corrected chi connectivity index (χ1v) is 4.36. The monoisotopic (exact) mass is 217 g/mol. The minimum absolute atomic E-state index is 0.502. The molecule has 1 aromatic rings. The quantitative estimate of drug-likeness (QED) is 0.471. The van der Waals surface area contributed by atoms with Crippen LogP contribution in [0.2, 0.25) is 0 Å². The Labute approximate surface area is 85.0 Å². The van der Waals surface area contributed by atoms with Crippen LogP contribution in [-0.2, 0) is 12.6 Å². The second-order valence-electron chi connectivity index (χ2n) is 3.03. The average Bonchev–Trinajstić information content (AvgIpc) is 2.18. The minimum Gasteiger partial charge on any atom is -0.411 e. The molecule has 0 atom stereocenters. The van der Waals surface area contributed by atoms with Crippen LogP contribution in [0.1, 0.15) is 17.5 Å². The Morgan fingerprint density at radius 1 is 1.20 bits per heavy atom. The second-order valence-corrected chi connectivity index (χ2v) is 3.03. The number of alkyl halides is 3. The molecular weight excluding hydrogens is 207 g/mol. The predicted molar refractivity (Wildman–Crippen MR) is 50.0 cm³/mol. The summed E-state index contributed by atoms with van der Waals surface area (Å²) in [5, 5.41) is 10.9. The van der Waals surface area contributed by atoms with E-state index < -0.39 is 11.7 Å². The van der Waals surface area contributed by atoms with Gasteiger partial charge in [0, 0.05) is 6.21 Å². The van der Waals surface area contributed by atoms with Crippen molar-refractivity contribution in [3.63, 3.8) is 0 Å². The molecule has 0 fully saturated rings. The van der Waals surface area contributed by atoms with Gasteiger partial charge in [0.1, 0.15) is 0 Å². The van der Waals surface area contributed by atoms with E-state index in [9.17, 15) is 13.2 Å². The predicted octanol–water partition coefficient (Wildman–Crippen LogP) is 3.10. The molecular formula is C10H10F3NO. The van der Waals surface area contributed by atoms with Crippen molar-refractivity contribution < 1.29 is 18.4 Å². The van der Waals surface area contributed by atoms with Gasteiger partial charge in [-0.2, -0.15) is 13.2 Å². The molecule has 0 aliphatic heterocycles. The summed E-state index contributed by atoms with van der Waals surface area (Å²) < 4.78 is 36.5. The van der Waals surface area contributed by atoms with Crippen molar-refractivity contribution in [1.82, 2.24) is 0 Å². The van der Waals surface area contributed by atoms with Gasteiger partial charge in [-0.15, -0.1) is 5.16 Å². The van der Waals surface area contributed by atoms with Crippen LogP contribution in [-0.4, -0.2) is 11.4 Å². The van der Waals surface area contributed by atoms with Crippen molar-refractivity contribution in [1.29, 1.82) is 0 Å². The van der Waals surface area contributed by atoms with Crippen molar-refractivity contribution in [3.05, 3.63) is 35.4 Å². The van der Waals surface area contributed by atoms with Crippen LogP contribution >= 0.6 is 0 Å². The molecule has 0 unspecified atom stereocenters. The SMILES string of the molecule is ON=CCCc1ccc(C(F)(F)F)cc1. The third-order valence-electron chi connectivity index (χ3n) is 1.93. The maximum atomic E-state index is 12.2. The Bertz CT molecular complexity index is 330. The first kappa shape index (κ1) is 11.6. The molecule has 0 saturated carbocycles. The number of aryl methyl sites for hydroxylation is 1. The van der Waals surface area contributed by atoms with Crippen LogP contribution in [0.5, 0.6) is 0 Å². The van der Waals surface area contributed by atoms with Gasteiger partial charge in [0.05, 0.1) is 5.56 Å². The lowest BCUT2D eigenvalue weighted by Crippen LogP contribution is -2.04. The zero-order valence-corrected chi connectivity index (χ0v) is 7.83. The summed E-state index contributed by atoms with van der Waals surface area (Å²) in [4.78, 5) is 0. The summed E-state index contributed by atoms with van der Waals surface area (Å²) in [6.45, 7) is 0. The van der Waals surface area contributed by atoms with Crippen molar-refractivity contribution in [3.8, 4) is 0 Å². The van der Waals surface area contributed by atoms with E-state index in [0.717, 1.165) is 17.7 Å². The van der Waals surface area contributed by atoms with E-state index in [1.54, 1.807) is 0 Å². The van der Waals surface area contributed by atoms with E-state index in [-0.39, 0.29) is 0 Å². The molecule has 1 rings (SSSR count). The Hall–Kier alpha value is -1.52. The maximum Gasteiger partial charge on any atom is 0.416 e. The third-order valence-corrected chi connectivity index (χ3v) is 1.93. The van der Waals surface area contributed by atoms with Crippen LogP contribution in [0.25, 0.3) is 0 Å². The van der Waals surface area contributed by atoms with E-state index in [1.165, 1.54) is 18.3 Å². The van der Waals surface area contributed by atoms with Crippen molar-refractivity contribution in [2.45, 2.75) is 19.0 Å². The van der Waals surface area contributed by atoms with E-state index >= 15 is 0 Å². The molecule has 82 valence electrons. The van der Waals surface area contributed by atoms with Gasteiger partial charge >= 0.3 is 6.18 Å². The molecule has 0 aliphatic carbocycles. The molecule has 0 amide bonds. The van der Waals surface area contributed by atoms with Crippen LogP contribution in [0.15, 0.2) is 29.4 Å². The number of hydrogen-bond donors (Lipinski definition) is 1. The van der Waals surface area contributed by atoms with E-state index in [0.29, 0.717) is 12.8 Å². The summed E-state index contributed by atoms with van der Waals surface area (Å²) in [6.07, 6.45) is -1.92. The standard InChI is InChI=1S/C10H10F3NO/c11-10(12,13)9-5-3-8(4-6-9)2-1-7-14-15/h3-7,15H,1-2H2. The molecule has 0 aliphatic rings. The summed E-state index contributed by atoms with van der Waals surface area (Å²) >= 11 is 0. The molecule has 0 saturated heterocycles. The molecule has 0 heterocycles. The summed E-state index contributed by atoms with van der Waals surface area (Å²) in [6, 6.07) is 4.94. The molecule has 0 aromatic heterocycles. The molecule has 1 aromatic carbocycles. The zero-order valence-electron chi connectivity index (χ0n) is 7.83. The molecule has 0 spiro atoms. The fourth-order valence-electron chi connectivity index (χ4n) is 1.15. The van der Waals surface area contributed by atoms with Crippen LogP contribution < -0.4 is 0 Å². The van der Waals surface area contributed by atoms with Gasteiger partial charge in [-0.1, -0.05) is 12.1 Å². The lowest BCUT2D eigenvalue weighted by molar-refractivity contribution is -0.137. The van der Waals surface area contributed by atoms with Crippen molar-refractivity contribution in [2.24, 2.45) is 5.16 Å². The summed E-state index contributed by atoms with van der Waals surface area (Å²) in [5.74, 6) is 0. The normalized spacial score (nSPS) is 12.2. The molecule has 0 bridgehead atoms. The van der Waals surface area contributed by atoms with Gasteiger partial charge in [-0.05, 0) is 30.5 Å². The summed E-state index contributed by atoms with van der Waals surface area (Å²) in [7, 11) is 0. The van der Waals surface area contributed by atoms with Crippen LogP contribution in [0.4, 0.5) is 13.2 Å². The second kappa shape index (κ2) is 4.82. The molecule has 5 heteroatoms. The van der Waals surface area contributed by atoms with Gasteiger partial charge in [0.15, 0.2) is 0 Å². The Balaban J connectivity index is 2.64. The van der Waals surface area contributed by atoms with Gasteiger partial charge in [0.25, 0.3) is 0 Å². The minimum atomic E-state index is -4.29. The third kappa shape index (κ3) is 3.61. The fraction of sp³-hybridized carbons (Fsp3) is 0.300. The Morgan fingerprint density at radius 2 is 1.80 bits per heavy atom. The highest BCUT2D eigenvalue weighted by Crippen LogP contribution is 2.29. The first-order chi connectivity index (χ1) is 7.04. The van der Waals surface area contributed by atoms with Crippen LogP contribution in [0, 0.1) is 0 Å². The van der Waals surface area contributed by atoms with Gasteiger partial charge in [0.2, 0.25) is 0 Å². The average molecular weight is 217 g/mol. The number of oxime groups is 1. The molecule has 2 nitrogen and oxygen atoms in total. The fourth-order valence-corrected chi connectivity index (χ4v) is 1.15. The lowest BCUT2D eigenvalue weighted by Gasteiger charge is -2.06. The smallest absolute Gasteiger partial charge is 0.411 e.